The fraction of sp³-hybridized carbons (Fsp3) is 0.400. The van der Waals surface area contributed by atoms with E-state index >= 15 is 0 Å². The maximum atomic E-state index is 14.0. The normalized spacial score (nSPS) is 25.0. The number of carbonyl (C=O) groups is 1. The number of amides is 1. The van der Waals surface area contributed by atoms with Crippen LogP contribution in [0.5, 0.6) is 0 Å². The lowest BCUT2D eigenvalue weighted by Crippen LogP contribution is -2.36. The molecule has 1 amide bonds. The fourth-order valence-electron chi connectivity index (χ4n) is 5.27. The molecule has 0 radical (unpaired) electrons. The van der Waals surface area contributed by atoms with Crippen LogP contribution in [0.1, 0.15) is 45.9 Å². The molecule has 0 bridgehead atoms. The summed E-state index contributed by atoms with van der Waals surface area (Å²) in [5.41, 5.74) is 3.03. The van der Waals surface area contributed by atoms with Crippen molar-refractivity contribution in [1.82, 2.24) is 19.7 Å². The van der Waals surface area contributed by atoms with Gasteiger partial charge in [-0.25, -0.2) is 14.1 Å². The molecular weight excluding hydrogens is 407 g/mol. The summed E-state index contributed by atoms with van der Waals surface area (Å²) in [6, 6.07) is 12.7. The average molecular weight is 435 g/mol. The molecule has 1 aliphatic heterocycles. The fourth-order valence-corrected chi connectivity index (χ4v) is 5.27. The number of hydrogen-bond acceptors (Lipinski definition) is 4. The van der Waals surface area contributed by atoms with Crippen LogP contribution in [0.3, 0.4) is 0 Å². The molecule has 1 saturated heterocycles. The number of aliphatic hydroxyl groups excluding tert-OH is 1. The van der Waals surface area contributed by atoms with E-state index in [1.54, 1.807) is 30.1 Å². The van der Waals surface area contributed by atoms with Crippen molar-refractivity contribution >= 4 is 5.91 Å². The molecule has 2 aliphatic rings. The highest BCUT2D eigenvalue weighted by molar-refractivity contribution is 5.96. The van der Waals surface area contributed by atoms with E-state index in [0.717, 1.165) is 17.5 Å². The lowest BCUT2D eigenvalue weighted by molar-refractivity contribution is 0.0304. The Morgan fingerprint density at radius 3 is 2.69 bits per heavy atom. The zero-order chi connectivity index (χ0) is 22.2. The van der Waals surface area contributed by atoms with Gasteiger partial charge in [0.1, 0.15) is 18.5 Å². The van der Waals surface area contributed by atoms with Crippen molar-refractivity contribution < 1.29 is 14.3 Å². The summed E-state index contributed by atoms with van der Waals surface area (Å²) in [7, 11) is 0. The number of aromatic nitrogens is 3. The number of benzene rings is 2. The highest BCUT2D eigenvalue weighted by Gasteiger charge is 2.44. The van der Waals surface area contributed by atoms with E-state index in [-0.39, 0.29) is 23.7 Å². The van der Waals surface area contributed by atoms with Gasteiger partial charge in [-0.2, -0.15) is 5.10 Å². The van der Waals surface area contributed by atoms with Gasteiger partial charge in [0.2, 0.25) is 0 Å². The first-order valence-electron chi connectivity index (χ1n) is 11.1. The van der Waals surface area contributed by atoms with Gasteiger partial charge in [0, 0.05) is 18.7 Å². The third-order valence-corrected chi connectivity index (χ3v) is 7.05. The highest BCUT2D eigenvalue weighted by atomic mass is 19.1. The van der Waals surface area contributed by atoms with Crippen LogP contribution in [0, 0.1) is 24.6 Å². The quantitative estimate of drug-likeness (QED) is 0.683. The molecule has 2 fully saturated rings. The maximum absolute atomic E-state index is 14.0. The van der Waals surface area contributed by atoms with Crippen molar-refractivity contribution in [2.75, 3.05) is 13.1 Å². The number of hydrogen-bond donors (Lipinski definition) is 1. The summed E-state index contributed by atoms with van der Waals surface area (Å²) in [5.74, 6) is 0.395. The number of carbonyl (C=O) groups excluding carboxylic acids is 1. The largest absolute Gasteiger partial charge is 0.391 e. The maximum Gasteiger partial charge on any atom is 0.254 e. The minimum absolute atomic E-state index is 0.00868. The smallest absolute Gasteiger partial charge is 0.254 e. The molecule has 1 aromatic heterocycles. The van der Waals surface area contributed by atoms with Crippen LogP contribution in [0.25, 0.3) is 0 Å². The van der Waals surface area contributed by atoms with E-state index in [4.69, 9.17) is 0 Å². The third kappa shape index (κ3) is 3.93. The molecule has 6 nitrogen and oxygen atoms in total. The molecule has 7 heteroatoms. The number of likely N-dealkylation sites (tertiary alicyclic amines) is 1. The number of aliphatic hydroxyl groups is 1. The van der Waals surface area contributed by atoms with Gasteiger partial charge < -0.3 is 10.0 Å². The molecule has 2 aromatic carbocycles. The molecule has 0 spiro atoms. The molecule has 1 saturated carbocycles. The minimum atomic E-state index is -0.489. The third-order valence-electron chi connectivity index (χ3n) is 7.05. The monoisotopic (exact) mass is 434 g/mol. The lowest BCUT2D eigenvalue weighted by Gasteiger charge is -2.34. The Bertz CT molecular complexity index is 1120. The van der Waals surface area contributed by atoms with Crippen molar-refractivity contribution in [3.05, 3.63) is 83.2 Å². The molecule has 1 aliphatic carbocycles. The second kappa shape index (κ2) is 8.47. The van der Waals surface area contributed by atoms with E-state index in [1.807, 2.05) is 35.2 Å². The summed E-state index contributed by atoms with van der Waals surface area (Å²) in [4.78, 5) is 19.4. The minimum Gasteiger partial charge on any atom is -0.391 e. The highest BCUT2D eigenvalue weighted by Crippen LogP contribution is 2.41. The van der Waals surface area contributed by atoms with Crippen LogP contribution in [-0.2, 0) is 6.42 Å². The zero-order valence-electron chi connectivity index (χ0n) is 18.1. The molecular formula is C25H27FN4O2. The van der Waals surface area contributed by atoms with E-state index in [1.165, 1.54) is 6.33 Å². The second-order valence-electron chi connectivity index (χ2n) is 9.13. The Kier molecular flexibility index (Phi) is 5.51. The standard InChI is InChI=1S/C25H27FN4O2/c1-16-6-7-17(9-22(16)26)8-18-4-2-3-5-21(18)25(32)29-12-19-10-23(30-15-27-14-28-30)24(31)11-20(19)13-29/h2-7,9,14-15,19-20,23-24,31H,8,10-13H2,1H3/t19-,20+,23-,24-/m1/s1. The van der Waals surface area contributed by atoms with Gasteiger partial charge in [0.05, 0.1) is 12.1 Å². The summed E-state index contributed by atoms with van der Waals surface area (Å²) < 4.78 is 15.8. The van der Waals surface area contributed by atoms with Gasteiger partial charge in [0.25, 0.3) is 5.91 Å². The van der Waals surface area contributed by atoms with Crippen LogP contribution < -0.4 is 0 Å². The first-order valence-corrected chi connectivity index (χ1v) is 11.1. The van der Waals surface area contributed by atoms with Crippen LogP contribution in [-0.4, -0.2) is 49.9 Å². The molecule has 32 heavy (non-hydrogen) atoms. The van der Waals surface area contributed by atoms with Crippen LogP contribution >= 0.6 is 0 Å². The number of nitrogens with zero attached hydrogens (tertiary/aromatic N) is 4. The lowest BCUT2D eigenvalue weighted by atomic mass is 9.77. The van der Waals surface area contributed by atoms with Crippen molar-refractivity contribution in [3.8, 4) is 0 Å². The Labute approximate surface area is 186 Å². The van der Waals surface area contributed by atoms with Gasteiger partial charge in [0.15, 0.2) is 0 Å². The van der Waals surface area contributed by atoms with Gasteiger partial charge in [-0.1, -0.05) is 30.3 Å². The van der Waals surface area contributed by atoms with Gasteiger partial charge in [-0.3, -0.25) is 4.79 Å². The zero-order valence-corrected chi connectivity index (χ0v) is 18.1. The van der Waals surface area contributed by atoms with E-state index in [0.29, 0.717) is 43.0 Å². The second-order valence-corrected chi connectivity index (χ2v) is 9.13. The number of rotatable bonds is 4. The van der Waals surface area contributed by atoms with E-state index in [9.17, 15) is 14.3 Å². The summed E-state index contributed by atoms with van der Waals surface area (Å²) >= 11 is 0. The van der Waals surface area contributed by atoms with Gasteiger partial charge >= 0.3 is 0 Å². The molecule has 166 valence electrons. The summed E-state index contributed by atoms with van der Waals surface area (Å²) in [5, 5.41) is 14.9. The van der Waals surface area contributed by atoms with E-state index < -0.39 is 6.10 Å². The summed E-state index contributed by atoms with van der Waals surface area (Å²) in [6.07, 6.45) is 4.59. The molecule has 1 N–H and O–H groups in total. The Morgan fingerprint density at radius 2 is 1.94 bits per heavy atom. The van der Waals surface area contributed by atoms with Crippen LogP contribution in [0.15, 0.2) is 55.1 Å². The van der Waals surface area contributed by atoms with Crippen molar-refractivity contribution in [2.24, 2.45) is 11.8 Å². The van der Waals surface area contributed by atoms with Gasteiger partial charge in [-0.05, 0) is 66.8 Å². The average Bonchev–Trinajstić information content (AvgIpc) is 3.45. The van der Waals surface area contributed by atoms with E-state index in [2.05, 4.69) is 10.1 Å². The topological polar surface area (TPSA) is 71.2 Å². The Balaban J connectivity index is 1.33. The molecule has 4 atom stereocenters. The Morgan fingerprint density at radius 1 is 1.16 bits per heavy atom. The Hall–Kier alpha value is -3.06. The molecule has 3 aromatic rings. The molecule has 0 unspecified atom stereocenters. The predicted molar refractivity (Wildman–Crippen MR) is 118 cm³/mol. The molecule has 5 rings (SSSR count). The number of aryl methyl sites for hydroxylation is 1. The number of fused-ring (bicyclic) bond motifs is 1. The SMILES string of the molecule is Cc1ccc(Cc2ccccc2C(=O)N2C[C@H]3C[C@@H](n4cncn4)[C@H](O)C[C@H]3C2)cc1F. The first kappa shape index (κ1) is 20.8. The first-order chi connectivity index (χ1) is 15.5. The molecule has 2 heterocycles. The predicted octanol–water partition coefficient (Wildman–Crippen LogP) is 3.40. The van der Waals surface area contributed by atoms with Crippen molar-refractivity contribution in [3.63, 3.8) is 0 Å². The van der Waals surface area contributed by atoms with Crippen molar-refractivity contribution in [2.45, 2.75) is 38.3 Å². The van der Waals surface area contributed by atoms with Crippen molar-refractivity contribution in [1.29, 1.82) is 0 Å². The van der Waals surface area contributed by atoms with Crippen LogP contribution in [0.4, 0.5) is 4.39 Å². The number of halogens is 1. The summed E-state index contributed by atoms with van der Waals surface area (Å²) in [6.45, 7) is 3.07. The van der Waals surface area contributed by atoms with Crippen LogP contribution in [0.2, 0.25) is 0 Å². The van der Waals surface area contributed by atoms with Gasteiger partial charge in [-0.15, -0.1) is 0 Å².